The van der Waals surface area contributed by atoms with Crippen LogP contribution in [-0.4, -0.2) is 35.7 Å². The van der Waals surface area contributed by atoms with Crippen LogP contribution in [0.1, 0.15) is 5.56 Å². The molecule has 0 aliphatic rings. The van der Waals surface area contributed by atoms with Crippen molar-refractivity contribution in [3.05, 3.63) is 35.4 Å². The van der Waals surface area contributed by atoms with Crippen LogP contribution in [0.15, 0.2) is 18.2 Å². The smallest absolute Gasteiger partial charge is 0.227 e. The third-order valence-electron chi connectivity index (χ3n) is 2.42. The number of alkyl halides is 2. The van der Waals surface area contributed by atoms with E-state index in [1.54, 1.807) is 0 Å². The molecule has 0 bridgehead atoms. The van der Waals surface area contributed by atoms with E-state index in [1.165, 1.54) is 11.0 Å². The van der Waals surface area contributed by atoms with Crippen LogP contribution in [0.25, 0.3) is 0 Å². The second-order valence-corrected chi connectivity index (χ2v) is 4.43. The second-order valence-electron chi connectivity index (χ2n) is 3.67. The van der Waals surface area contributed by atoms with E-state index in [4.69, 9.17) is 23.2 Å². The highest BCUT2D eigenvalue weighted by atomic mass is 35.5. The highest BCUT2D eigenvalue weighted by molar-refractivity contribution is 6.18. The van der Waals surface area contributed by atoms with Crippen LogP contribution in [0.2, 0.25) is 0 Å². The number of amides is 1. The number of rotatable bonds is 6. The van der Waals surface area contributed by atoms with Crippen LogP contribution in [-0.2, 0) is 11.2 Å². The molecule has 0 aromatic heterocycles. The maximum absolute atomic E-state index is 13.4. The van der Waals surface area contributed by atoms with Gasteiger partial charge in [0.2, 0.25) is 5.91 Å². The minimum atomic E-state index is -0.722. The van der Waals surface area contributed by atoms with Crippen molar-refractivity contribution in [2.75, 3.05) is 24.8 Å². The number of hydrogen-bond acceptors (Lipinski definition) is 1. The summed E-state index contributed by atoms with van der Waals surface area (Å²) in [6, 6.07) is 3.15. The summed E-state index contributed by atoms with van der Waals surface area (Å²) in [6.07, 6.45) is -0.125. The number of hydrogen-bond donors (Lipinski definition) is 0. The predicted octanol–water partition coefficient (Wildman–Crippen LogP) is 2.81. The lowest BCUT2D eigenvalue weighted by atomic mass is 10.1. The first kappa shape index (κ1) is 15.2. The Labute approximate surface area is 114 Å². The molecule has 0 unspecified atom stereocenters. The summed E-state index contributed by atoms with van der Waals surface area (Å²) in [5.41, 5.74) is 0.163. The lowest BCUT2D eigenvalue weighted by Gasteiger charge is -2.20. The summed E-state index contributed by atoms with van der Waals surface area (Å²) in [5.74, 6) is -1.09. The van der Waals surface area contributed by atoms with E-state index in [2.05, 4.69) is 0 Å². The highest BCUT2D eigenvalue weighted by Crippen LogP contribution is 2.11. The van der Waals surface area contributed by atoms with Crippen LogP contribution < -0.4 is 0 Å². The Morgan fingerprint density at radius 3 is 2.28 bits per heavy atom. The van der Waals surface area contributed by atoms with Crippen molar-refractivity contribution in [1.29, 1.82) is 0 Å². The zero-order valence-corrected chi connectivity index (χ0v) is 11.1. The van der Waals surface area contributed by atoms with Crippen molar-refractivity contribution >= 4 is 29.1 Å². The fourth-order valence-electron chi connectivity index (χ4n) is 1.51. The van der Waals surface area contributed by atoms with Crippen LogP contribution in [0.3, 0.4) is 0 Å². The summed E-state index contributed by atoms with van der Waals surface area (Å²) in [4.78, 5) is 13.3. The van der Waals surface area contributed by atoms with E-state index in [0.29, 0.717) is 13.1 Å². The van der Waals surface area contributed by atoms with Crippen LogP contribution in [0.4, 0.5) is 8.78 Å². The summed E-state index contributed by atoms with van der Waals surface area (Å²) in [5, 5.41) is 0. The van der Waals surface area contributed by atoms with Crippen LogP contribution >= 0.6 is 23.2 Å². The average molecular weight is 296 g/mol. The molecule has 100 valence electrons. The van der Waals surface area contributed by atoms with E-state index in [0.717, 1.165) is 12.1 Å². The zero-order valence-electron chi connectivity index (χ0n) is 9.63. The summed E-state index contributed by atoms with van der Waals surface area (Å²) in [6.45, 7) is 0.714. The Hall–Kier alpha value is -0.870. The summed E-state index contributed by atoms with van der Waals surface area (Å²) < 4.78 is 26.1. The minimum absolute atomic E-state index is 0.125. The molecule has 1 amide bonds. The molecule has 6 heteroatoms. The van der Waals surface area contributed by atoms with Crippen molar-refractivity contribution in [2.24, 2.45) is 0 Å². The van der Waals surface area contributed by atoms with Gasteiger partial charge in [-0.1, -0.05) is 6.07 Å². The van der Waals surface area contributed by atoms with Crippen molar-refractivity contribution in [3.63, 3.8) is 0 Å². The first-order chi connectivity index (χ1) is 8.58. The molecule has 0 fully saturated rings. The number of nitrogens with zero attached hydrogens (tertiary/aromatic N) is 1. The third-order valence-corrected chi connectivity index (χ3v) is 2.76. The Balaban J connectivity index is 2.72. The normalized spacial score (nSPS) is 10.4. The number of halogens is 4. The van der Waals surface area contributed by atoms with Gasteiger partial charge in [0.25, 0.3) is 0 Å². The van der Waals surface area contributed by atoms with Gasteiger partial charge in [0, 0.05) is 30.9 Å². The van der Waals surface area contributed by atoms with Crippen LogP contribution in [0.5, 0.6) is 0 Å². The molecule has 1 aromatic rings. The maximum Gasteiger partial charge on any atom is 0.227 e. The van der Waals surface area contributed by atoms with Crippen molar-refractivity contribution in [3.8, 4) is 0 Å². The molecule has 18 heavy (non-hydrogen) atoms. The fourth-order valence-corrected chi connectivity index (χ4v) is 1.91. The summed E-state index contributed by atoms with van der Waals surface area (Å²) in [7, 11) is 0. The second kappa shape index (κ2) is 7.54. The molecule has 0 saturated heterocycles. The number of carbonyl (C=O) groups is 1. The van der Waals surface area contributed by atoms with Gasteiger partial charge in [0.1, 0.15) is 11.6 Å². The van der Waals surface area contributed by atoms with Gasteiger partial charge in [0.15, 0.2) is 0 Å². The maximum atomic E-state index is 13.4. The molecule has 0 aliphatic carbocycles. The van der Waals surface area contributed by atoms with Gasteiger partial charge in [-0.2, -0.15) is 0 Å². The number of carbonyl (C=O) groups excluding carboxylic acids is 1. The Kier molecular flexibility index (Phi) is 6.36. The molecule has 0 atom stereocenters. The quantitative estimate of drug-likeness (QED) is 0.739. The first-order valence-corrected chi connectivity index (χ1v) is 6.49. The fraction of sp³-hybridized carbons (Fsp3) is 0.417. The Morgan fingerprint density at radius 1 is 1.17 bits per heavy atom. The summed E-state index contributed by atoms with van der Waals surface area (Å²) >= 11 is 11.1. The minimum Gasteiger partial charge on any atom is -0.340 e. The number of benzene rings is 1. The lowest BCUT2D eigenvalue weighted by molar-refractivity contribution is -0.130. The first-order valence-electron chi connectivity index (χ1n) is 5.42. The van der Waals surface area contributed by atoms with E-state index in [-0.39, 0.29) is 29.7 Å². The largest absolute Gasteiger partial charge is 0.340 e. The van der Waals surface area contributed by atoms with E-state index < -0.39 is 11.6 Å². The lowest BCUT2D eigenvalue weighted by Crippen LogP contribution is -2.35. The monoisotopic (exact) mass is 295 g/mol. The SMILES string of the molecule is O=C(Cc1ccc(F)cc1F)N(CCCl)CCCl. The van der Waals surface area contributed by atoms with Gasteiger partial charge in [-0.25, -0.2) is 8.78 Å². The molecule has 1 rings (SSSR count). The molecule has 1 aromatic carbocycles. The van der Waals surface area contributed by atoms with Gasteiger partial charge in [-0.15, -0.1) is 23.2 Å². The molecule has 0 N–H and O–H groups in total. The molecule has 0 heterocycles. The van der Waals surface area contributed by atoms with Gasteiger partial charge in [-0.05, 0) is 11.6 Å². The predicted molar refractivity (Wildman–Crippen MR) is 68.1 cm³/mol. The van der Waals surface area contributed by atoms with Gasteiger partial charge in [-0.3, -0.25) is 4.79 Å². The van der Waals surface area contributed by atoms with Crippen LogP contribution in [0, 0.1) is 11.6 Å². The van der Waals surface area contributed by atoms with E-state index in [1.807, 2.05) is 0 Å². The molecule has 0 saturated carbocycles. The molecule has 0 aliphatic heterocycles. The van der Waals surface area contributed by atoms with Crippen molar-refractivity contribution in [2.45, 2.75) is 6.42 Å². The van der Waals surface area contributed by atoms with E-state index in [9.17, 15) is 13.6 Å². The molecular formula is C12H13Cl2F2NO. The molecule has 0 radical (unpaired) electrons. The Morgan fingerprint density at radius 2 is 1.78 bits per heavy atom. The van der Waals surface area contributed by atoms with Crippen molar-refractivity contribution in [1.82, 2.24) is 4.90 Å². The van der Waals surface area contributed by atoms with Gasteiger partial charge >= 0.3 is 0 Å². The Bertz CT molecular complexity index is 409. The molecule has 0 spiro atoms. The topological polar surface area (TPSA) is 20.3 Å². The van der Waals surface area contributed by atoms with Crippen molar-refractivity contribution < 1.29 is 13.6 Å². The average Bonchev–Trinajstić information content (AvgIpc) is 2.32. The third kappa shape index (κ3) is 4.42. The highest BCUT2D eigenvalue weighted by Gasteiger charge is 2.15. The zero-order chi connectivity index (χ0) is 13.5. The van der Waals surface area contributed by atoms with E-state index >= 15 is 0 Å². The van der Waals surface area contributed by atoms with Gasteiger partial charge < -0.3 is 4.90 Å². The molecular weight excluding hydrogens is 283 g/mol. The van der Waals surface area contributed by atoms with Gasteiger partial charge in [0.05, 0.1) is 6.42 Å². The molecule has 2 nitrogen and oxygen atoms in total. The standard InChI is InChI=1S/C12H13Cl2F2NO/c13-3-5-17(6-4-14)12(18)7-9-1-2-10(15)8-11(9)16/h1-2,8H,3-7H2.